The zero-order chi connectivity index (χ0) is 24.5. The molecule has 10 heteroatoms. The van der Waals surface area contributed by atoms with Gasteiger partial charge in [-0.2, -0.15) is 0 Å². The third kappa shape index (κ3) is 7.28. The molecule has 9 nitrogen and oxygen atoms in total. The van der Waals surface area contributed by atoms with E-state index in [2.05, 4.69) is 5.32 Å². The van der Waals surface area contributed by atoms with Gasteiger partial charge in [-0.05, 0) is 50.2 Å². The minimum absolute atomic E-state index is 0.00936. The van der Waals surface area contributed by atoms with Crippen molar-refractivity contribution >= 4 is 35.1 Å². The first kappa shape index (κ1) is 25.8. The van der Waals surface area contributed by atoms with Gasteiger partial charge in [-0.15, -0.1) is 0 Å². The van der Waals surface area contributed by atoms with Gasteiger partial charge in [0.15, 0.2) is 24.7 Å². The van der Waals surface area contributed by atoms with Crippen LogP contribution in [-0.4, -0.2) is 63.2 Å². The SMILES string of the molecule is COc1ccc(Cl)cc1NC(=O)COc1ccc(C(=O)OCC(=O)N(C)C(C)C)cc1OC. The molecule has 33 heavy (non-hydrogen) atoms. The van der Waals surface area contributed by atoms with E-state index < -0.39 is 11.9 Å². The standard InChI is InChI=1S/C23H27ClN2O7/c1-14(2)26(3)22(28)13-33-23(29)15-6-8-19(20(10-15)31-5)32-12-21(27)25-17-11-16(24)7-9-18(17)30-4/h6-11,14H,12-13H2,1-5H3,(H,25,27). The molecule has 2 amide bonds. The number of nitrogens with one attached hydrogen (secondary N) is 1. The Morgan fingerprint density at radius 3 is 2.27 bits per heavy atom. The number of ether oxygens (including phenoxy) is 4. The molecule has 0 saturated heterocycles. The smallest absolute Gasteiger partial charge is 0.338 e. The Morgan fingerprint density at radius 2 is 1.64 bits per heavy atom. The Balaban J connectivity index is 1.99. The molecule has 0 radical (unpaired) electrons. The number of methoxy groups -OCH3 is 2. The highest BCUT2D eigenvalue weighted by atomic mass is 35.5. The van der Waals surface area contributed by atoms with Crippen molar-refractivity contribution in [1.82, 2.24) is 4.90 Å². The van der Waals surface area contributed by atoms with Crippen LogP contribution in [0, 0.1) is 0 Å². The van der Waals surface area contributed by atoms with Crippen LogP contribution in [0.25, 0.3) is 0 Å². The number of carbonyl (C=O) groups is 3. The summed E-state index contributed by atoms with van der Waals surface area (Å²) in [6.07, 6.45) is 0. The summed E-state index contributed by atoms with van der Waals surface area (Å²) in [6.45, 7) is 3.01. The molecule has 0 unspecified atom stereocenters. The highest BCUT2D eigenvalue weighted by molar-refractivity contribution is 6.31. The van der Waals surface area contributed by atoms with Crippen LogP contribution < -0.4 is 19.5 Å². The lowest BCUT2D eigenvalue weighted by Gasteiger charge is -2.21. The number of likely N-dealkylation sites (N-methyl/N-ethyl adjacent to an activating group) is 1. The van der Waals surface area contributed by atoms with E-state index in [1.165, 1.54) is 37.3 Å². The van der Waals surface area contributed by atoms with Crippen LogP contribution in [0.15, 0.2) is 36.4 Å². The molecule has 0 atom stereocenters. The number of rotatable bonds is 10. The van der Waals surface area contributed by atoms with Crippen molar-refractivity contribution < 1.29 is 33.3 Å². The molecule has 0 saturated carbocycles. The number of hydrogen-bond acceptors (Lipinski definition) is 7. The molecule has 2 aromatic rings. The molecule has 0 aliphatic carbocycles. The molecular weight excluding hydrogens is 452 g/mol. The lowest BCUT2D eigenvalue weighted by atomic mass is 10.2. The summed E-state index contributed by atoms with van der Waals surface area (Å²) in [7, 11) is 4.51. The average molecular weight is 479 g/mol. The van der Waals surface area contributed by atoms with Gasteiger partial charge in [0.05, 0.1) is 25.5 Å². The Hall–Kier alpha value is -3.46. The van der Waals surface area contributed by atoms with E-state index in [0.29, 0.717) is 16.5 Å². The van der Waals surface area contributed by atoms with E-state index in [-0.39, 0.29) is 42.2 Å². The predicted octanol–water partition coefficient (Wildman–Crippen LogP) is 3.40. The molecule has 0 spiro atoms. The predicted molar refractivity (Wildman–Crippen MR) is 123 cm³/mol. The molecule has 0 aliphatic heterocycles. The van der Waals surface area contributed by atoms with Gasteiger partial charge in [0, 0.05) is 18.1 Å². The van der Waals surface area contributed by atoms with Crippen LogP contribution in [0.5, 0.6) is 17.2 Å². The third-order valence-corrected chi connectivity index (χ3v) is 4.92. The van der Waals surface area contributed by atoms with E-state index >= 15 is 0 Å². The van der Waals surface area contributed by atoms with E-state index in [0.717, 1.165) is 0 Å². The van der Waals surface area contributed by atoms with E-state index in [1.807, 2.05) is 13.8 Å². The first-order chi connectivity index (χ1) is 15.7. The van der Waals surface area contributed by atoms with Crippen molar-refractivity contribution in [3.05, 3.63) is 47.0 Å². The Labute approximate surface area is 197 Å². The summed E-state index contributed by atoms with van der Waals surface area (Å²) in [5.74, 6) is -0.523. The molecule has 0 heterocycles. The second-order valence-corrected chi connectivity index (χ2v) is 7.66. The van der Waals surface area contributed by atoms with Gasteiger partial charge in [-0.25, -0.2) is 4.79 Å². The number of anilines is 1. The Kier molecular flexibility index (Phi) is 9.35. The summed E-state index contributed by atoms with van der Waals surface area (Å²) in [5.41, 5.74) is 0.577. The summed E-state index contributed by atoms with van der Waals surface area (Å²) >= 11 is 5.97. The maximum Gasteiger partial charge on any atom is 0.338 e. The van der Waals surface area contributed by atoms with Crippen LogP contribution >= 0.6 is 11.6 Å². The maximum absolute atomic E-state index is 12.3. The number of hydrogen-bond donors (Lipinski definition) is 1. The van der Waals surface area contributed by atoms with E-state index in [4.69, 9.17) is 30.5 Å². The van der Waals surface area contributed by atoms with Crippen molar-refractivity contribution in [3.63, 3.8) is 0 Å². The fourth-order valence-corrected chi connectivity index (χ4v) is 2.79. The van der Waals surface area contributed by atoms with Gasteiger partial charge >= 0.3 is 5.97 Å². The van der Waals surface area contributed by atoms with Gasteiger partial charge in [0.1, 0.15) is 5.75 Å². The summed E-state index contributed by atoms with van der Waals surface area (Å²) < 4.78 is 21.1. The fraction of sp³-hybridized carbons (Fsp3) is 0.348. The van der Waals surface area contributed by atoms with Gasteiger partial charge in [0.25, 0.3) is 11.8 Å². The highest BCUT2D eigenvalue weighted by Gasteiger charge is 2.18. The van der Waals surface area contributed by atoms with Crippen LogP contribution in [-0.2, 0) is 14.3 Å². The van der Waals surface area contributed by atoms with Crippen molar-refractivity contribution in [3.8, 4) is 17.2 Å². The first-order valence-corrected chi connectivity index (χ1v) is 10.4. The van der Waals surface area contributed by atoms with Gasteiger partial charge in [0.2, 0.25) is 0 Å². The highest BCUT2D eigenvalue weighted by Crippen LogP contribution is 2.29. The minimum atomic E-state index is -0.684. The molecule has 1 N–H and O–H groups in total. The topological polar surface area (TPSA) is 103 Å². The third-order valence-electron chi connectivity index (χ3n) is 4.69. The van der Waals surface area contributed by atoms with Crippen LogP contribution in [0.4, 0.5) is 5.69 Å². The lowest BCUT2D eigenvalue weighted by molar-refractivity contribution is -0.134. The Bertz CT molecular complexity index is 1010. The molecule has 178 valence electrons. The molecule has 2 rings (SSSR count). The van der Waals surface area contributed by atoms with Crippen LogP contribution in [0.3, 0.4) is 0 Å². The van der Waals surface area contributed by atoms with Crippen LogP contribution in [0.2, 0.25) is 5.02 Å². The summed E-state index contributed by atoms with van der Waals surface area (Å²) in [5, 5.41) is 3.10. The van der Waals surface area contributed by atoms with Gasteiger partial charge in [-0.1, -0.05) is 11.6 Å². The first-order valence-electron chi connectivity index (χ1n) is 10.0. The van der Waals surface area contributed by atoms with Crippen LogP contribution in [0.1, 0.15) is 24.2 Å². The lowest BCUT2D eigenvalue weighted by Crippen LogP contribution is -2.36. The quantitative estimate of drug-likeness (QED) is 0.522. The zero-order valence-corrected chi connectivity index (χ0v) is 19.9. The monoisotopic (exact) mass is 478 g/mol. The van der Waals surface area contributed by atoms with Crippen molar-refractivity contribution in [1.29, 1.82) is 0 Å². The second-order valence-electron chi connectivity index (χ2n) is 7.22. The average Bonchev–Trinajstić information content (AvgIpc) is 2.80. The molecular formula is C23H27ClN2O7. The molecule has 2 aromatic carbocycles. The normalized spacial score (nSPS) is 10.4. The number of esters is 1. The van der Waals surface area contributed by atoms with E-state index in [1.54, 1.807) is 25.2 Å². The largest absolute Gasteiger partial charge is 0.495 e. The number of carbonyl (C=O) groups excluding carboxylic acids is 3. The molecule has 0 aliphatic rings. The summed E-state index contributed by atoms with van der Waals surface area (Å²) in [4.78, 5) is 38.1. The molecule has 0 aromatic heterocycles. The number of amides is 2. The molecule has 0 bridgehead atoms. The minimum Gasteiger partial charge on any atom is -0.495 e. The van der Waals surface area contributed by atoms with E-state index in [9.17, 15) is 14.4 Å². The van der Waals surface area contributed by atoms with Crippen molar-refractivity contribution in [2.24, 2.45) is 0 Å². The van der Waals surface area contributed by atoms with Gasteiger partial charge in [-0.3, -0.25) is 9.59 Å². The number of nitrogens with zero attached hydrogens (tertiary/aromatic N) is 1. The zero-order valence-electron chi connectivity index (χ0n) is 19.1. The number of benzene rings is 2. The summed E-state index contributed by atoms with van der Waals surface area (Å²) in [6, 6.07) is 9.16. The molecule has 0 fully saturated rings. The second kappa shape index (κ2) is 12.0. The maximum atomic E-state index is 12.3. The van der Waals surface area contributed by atoms with Crippen molar-refractivity contribution in [2.45, 2.75) is 19.9 Å². The van der Waals surface area contributed by atoms with Gasteiger partial charge < -0.3 is 29.2 Å². The Morgan fingerprint density at radius 1 is 0.970 bits per heavy atom. The fourth-order valence-electron chi connectivity index (χ4n) is 2.62. The van der Waals surface area contributed by atoms with Crippen molar-refractivity contribution in [2.75, 3.05) is 39.8 Å². The number of halogens is 1.